The third kappa shape index (κ3) is 3.45. The third-order valence-electron chi connectivity index (χ3n) is 3.28. The topological polar surface area (TPSA) is 66.4 Å². The number of nitrogens with one attached hydrogen (secondary N) is 1. The number of carbonyl (C=O) groups excluding carboxylic acids is 1. The maximum Gasteiger partial charge on any atom is 0.319 e. The highest BCUT2D eigenvalue weighted by Crippen LogP contribution is 2.46. The number of hydrogen-bond donors (Lipinski definition) is 2. The summed E-state index contributed by atoms with van der Waals surface area (Å²) in [6.07, 6.45) is 1.95. The molecule has 1 aliphatic rings. The highest BCUT2D eigenvalue weighted by atomic mass is 16.4. The van der Waals surface area contributed by atoms with Gasteiger partial charge in [-0.3, -0.25) is 9.59 Å². The summed E-state index contributed by atoms with van der Waals surface area (Å²) in [7, 11) is 0. The molecule has 0 bridgehead atoms. The third-order valence-corrected chi connectivity index (χ3v) is 3.28. The zero-order valence-electron chi connectivity index (χ0n) is 11.2. The Hall–Kier alpha value is -1.06. The van der Waals surface area contributed by atoms with Gasteiger partial charge in [-0.2, -0.15) is 0 Å². The van der Waals surface area contributed by atoms with Crippen LogP contribution in [-0.4, -0.2) is 23.5 Å². The van der Waals surface area contributed by atoms with Crippen LogP contribution in [0, 0.1) is 16.7 Å². The van der Waals surface area contributed by atoms with Crippen molar-refractivity contribution < 1.29 is 14.7 Å². The van der Waals surface area contributed by atoms with E-state index in [0.29, 0.717) is 25.3 Å². The first-order chi connectivity index (χ1) is 7.69. The molecule has 2 N–H and O–H groups in total. The highest BCUT2D eigenvalue weighted by molar-refractivity contribution is 6.04. The summed E-state index contributed by atoms with van der Waals surface area (Å²) in [5, 5.41) is 11.8. The fourth-order valence-electron chi connectivity index (χ4n) is 2.33. The van der Waals surface area contributed by atoms with Crippen molar-refractivity contribution in [1.29, 1.82) is 0 Å². The molecule has 0 unspecified atom stereocenters. The van der Waals surface area contributed by atoms with Crippen LogP contribution in [0.25, 0.3) is 0 Å². The molecule has 1 amide bonds. The van der Waals surface area contributed by atoms with Crippen molar-refractivity contribution in [3.63, 3.8) is 0 Å². The lowest BCUT2D eigenvalue weighted by atomic mass is 9.84. The Bertz CT molecular complexity index is 317. The minimum atomic E-state index is -1.12. The van der Waals surface area contributed by atoms with Gasteiger partial charge in [-0.15, -0.1) is 0 Å². The normalized spacial score (nSPS) is 17.9. The Kier molecular flexibility index (Phi) is 3.84. The van der Waals surface area contributed by atoms with Crippen LogP contribution in [0.1, 0.15) is 47.0 Å². The standard InChI is InChI=1S/C13H23NO3/c1-9(2)7-12(3,4)8-14-10(15)13(5-6-13)11(16)17/h9H,5-8H2,1-4H3,(H,14,15)(H,16,17). The minimum absolute atomic E-state index is 0.0123. The van der Waals surface area contributed by atoms with Crippen molar-refractivity contribution in [3.8, 4) is 0 Å². The predicted octanol–water partition coefficient (Wildman–Crippen LogP) is 2.04. The van der Waals surface area contributed by atoms with E-state index < -0.39 is 11.4 Å². The van der Waals surface area contributed by atoms with E-state index in [1.54, 1.807) is 0 Å². The minimum Gasteiger partial charge on any atom is -0.480 e. The highest BCUT2D eigenvalue weighted by Gasteiger charge is 2.57. The first-order valence-electron chi connectivity index (χ1n) is 6.21. The van der Waals surface area contributed by atoms with E-state index >= 15 is 0 Å². The van der Waals surface area contributed by atoms with Gasteiger partial charge in [0.2, 0.25) is 5.91 Å². The Labute approximate surface area is 103 Å². The van der Waals surface area contributed by atoms with E-state index in [-0.39, 0.29) is 11.3 Å². The van der Waals surface area contributed by atoms with Gasteiger partial charge >= 0.3 is 5.97 Å². The zero-order chi connectivity index (χ0) is 13.3. The number of aliphatic carboxylic acids is 1. The molecular formula is C13H23NO3. The molecule has 0 saturated heterocycles. The van der Waals surface area contributed by atoms with E-state index in [2.05, 4.69) is 33.0 Å². The maximum atomic E-state index is 11.8. The summed E-state index contributed by atoms with van der Waals surface area (Å²) < 4.78 is 0. The fraction of sp³-hybridized carbons (Fsp3) is 0.846. The number of amides is 1. The van der Waals surface area contributed by atoms with Crippen LogP contribution < -0.4 is 5.32 Å². The molecule has 0 atom stereocenters. The van der Waals surface area contributed by atoms with Crippen LogP contribution in [-0.2, 0) is 9.59 Å². The van der Waals surface area contributed by atoms with Crippen LogP contribution in [0.4, 0.5) is 0 Å². The lowest BCUT2D eigenvalue weighted by Gasteiger charge is -2.27. The molecule has 0 aliphatic heterocycles. The SMILES string of the molecule is CC(C)CC(C)(C)CNC(=O)C1(C(=O)O)CC1. The van der Waals surface area contributed by atoms with E-state index in [4.69, 9.17) is 5.11 Å². The molecule has 0 aromatic carbocycles. The van der Waals surface area contributed by atoms with Gasteiger partial charge in [-0.25, -0.2) is 0 Å². The lowest BCUT2D eigenvalue weighted by Crippen LogP contribution is -2.41. The van der Waals surface area contributed by atoms with Gasteiger partial charge in [-0.1, -0.05) is 27.7 Å². The van der Waals surface area contributed by atoms with E-state index in [1.807, 2.05) is 0 Å². The van der Waals surface area contributed by atoms with Crippen molar-refractivity contribution in [2.75, 3.05) is 6.54 Å². The quantitative estimate of drug-likeness (QED) is 0.699. The van der Waals surface area contributed by atoms with E-state index in [1.165, 1.54) is 0 Å². The summed E-state index contributed by atoms with van der Waals surface area (Å²) in [5.74, 6) is -0.741. The van der Waals surface area contributed by atoms with Gasteiger partial charge in [-0.05, 0) is 30.6 Å². The van der Waals surface area contributed by atoms with Crippen LogP contribution in [0.2, 0.25) is 0 Å². The molecule has 0 aromatic rings. The van der Waals surface area contributed by atoms with Crippen molar-refractivity contribution in [1.82, 2.24) is 5.32 Å². The summed E-state index contributed by atoms with van der Waals surface area (Å²) >= 11 is 0. The van der Waals surface area contributed by atoms with Crippen LogP contribution in [0.3, 0.4) is 0 Å². The molecule has 1 aliphatic carbocycles. The molecule has 4 nitrogen and oxygen atoms in total. The number of carboxylic acids is 1. The van der Waals surface area contributed by atoms with Gasteiger partial charge in [0.1, 0.15) is 5.41 Å². The molecule has 17 heavy (non-hydrogen) atoms. The Morgan fingerprint density at radius 1 is 1.35 bits per heavy atom. The number of rotatable bonds is 6. The molecule has 1 rings (SSSR count). The monoisotopic (exact) mass is 241 g/mol. The maximum absolute atomic E-state index is 11.8. The zero-order valence-corrected chi connectivity index (χ0v) is 11.2. The molecule has 0 heterocycles. The van der Waals surface area contributed by atoms with Gasteiger partial charge in [0.15, 0.2) is 0 Å². The van der Waals surface area contributed by atoms with Crippen molar-refractivity contribution in [2.45, 2.75) is 47.0 Å². The Morgan fingerprint density at radius 2 is 1.88 bits per heavy atom. The Balaban J connectivity index is 2.46. The second kappa shape index (κ2) is 4.67. The van der Waals surface area contributed by atoms with Gasteiger partial charge < -0.3 is 10.4 Å². The average molecular weight is 241 g/mol. The molecule has 1 fully saturated rings. The second-order valence-electron chi connectivity index (χ2n) is 6.33. The number of hydrogen-bond acceptors (Lipinski definition) is 2. The van der Waals surface area contributed by atoms with E-state index in [0.717, 1.165) is 6.42 Å². The summed E-state index contributed by atoms with van der Waals surface area (Å²) in [4.78, 5) is 22.8. The largest absolute Gasteiger partial charge is 0.480 e. The molecule has 0 radical (unpaired) electrons. The Morgan fingerprint density at radius 3 is 2.24 bits per heavy atom. The molecule has 0 spiro atoms. The number of carbonyl (C=O) groups is 2. The van der Waals surface area contributed by atoms with Crippen molar-refractivity contribution >= 4 is 11.9 Å². The van der Waals surface area contributed by atoms with E-state index in [9.17, 15) is 9.59 Å². The van der Waals surface area contributed by atoms with Crippen molar-refractivity contribution in [3.05, 3.63) is 0 Å². The smallest absolute Gasteiger partial charge is 0.319 e. The fourth-order valence-corrected chi connectivity index (χ4v) is 2.33. The van der Waals surface area contributed by atoms with Gasteiger partial charge in [0.25, 0.3) is 0 Å². The van der Waals surface area contributed by atoms with Crippen LogP contribution >= 0.6 is 0 Å². The average Bonchev–Trinajstić information content (AvgIpc) is 2.92. The second-order valence-corrected chi connectivity index (χ2v) is 6.33. The summed E-state index contributed by atoms with van der Waals surface area (Å²) in [6, 6.07) is 0. The van der Waals surface area contributed by atoms with Crippen LogP contribution in [0.15, 0.2) is 0 Å². The van der Waals surface area contributed by atoms with Gasteiger partial charge in [0, 0.05) is 6.54 Å². The molecule has 4 heteroatoms. The summed E-state index contributed by atoms with van der Waals surface area (Å²) in [6.45, 7) is 9.01. The molecular weight excluding hydrogens is 218 g/mol. The lowest BCUT2D eigenvalue weighted by molar-refractivity contribution is -0.149. The van der Waals surface area contributed by atoms with Crippen LogP contribution in [0.5, 0.6) is 0 Å². The predicted molar refractivity (Wildman–Crippen MR) is 65.5 cm³/mol. The van der Waals surface area contributed by atoms with Gasteiger partial charge in [0.05, 0.1) is 0 Å². The first-order valence-corrected chi connectivity index (χ1v) is 6.21. The molecule has 0 aromatic heterocycles. The van der Waals surface area contributed by atoms with Crippen molar-refractivity contribution in [2.24, 2.45) is 16.7 Å². The first kappa shape index (κ1) is 14.0. The summed E-state index contributed by atoms with van der Waals surface area (Å²) in [5.41, 5.74) is -1.10. The molecule has 98 valence electrons. The number of carboxylic acid groups (broad SMARTS) is 1. The molecule has 1 saturated carbocycles.